The largest absolute Gasteiger partial charge is 0.462 e. The van der Waals surface area contributed by atoms with Gasteiger partial charge in [0, 0.05) is 12.1 Å². The molecule has 0 spiro atoms. The molecule has 1 fully saturated rings. The fraction of sp³-hybridized carbons (Fsp3) is 0.562. The maximum absolute atomic E-state index is 11.9. The van der Waals surface area contributed by atoms with Crippen molar-refractivity contribution in [3.05, 3.63) is 23.8 Å². The molecule has 21 heavy (non-hydrogen) atoms. The van der Waals surface area contributed by atoms with Crippen molar-refractivity contribution in [1.82, 2.24) is 5.01 Å². The molecule has 2 atom stereocenters. The molecule has 5 heteroatoms. The van der Waals surface area contributed by atoms with Gasteiger partial charge in [0.05, 0.1) is 23.5 Å². The molecule has 0 aliphatic carbocycles. The first-order valence-electron chi connectivity index (χ1n) is 7.65. The number of hydrogen-bond donors (Lipinski definition) is 2. The van der Waals surface area contributed by atoms with Gasteiger partial charge in [-0.1, -0.05) is 12.5 Å². The van der Waals surface area contributed by atoms with E-state index in [9.17, 15) is 4.79 Å². The second-order valence-electron chi connectivity index (χ2n) is 5.64. The number of anilines is 2. The summed E-state index contributed by atoms with van der Waals surface area (Å²) in [6, 6.07) is 6.30. The molecule has 1 aromatic carbocycles. The van der Waals surface area contributed by atoms with Crippen molar-refractivity contribution in [2.24, 2.45) is 0 Å². The summed E-state index contributed by atoms with van der Waals surface area (Å²) in [5, 5.41) is 2.23. The topological polar surface area (TPSA) is 67.6 Å². The second-order valence-corrected chi connectivity index (χ2v) is 5.64. The van der Waals surface area contributed by atoms with Crippen LogP contribution in [0.15, 0.2) is 18.2 Å². The second kappa shape index (κ2) is 6.80. The summed E-state index contributed by atoms with van der Waals surface area (Å²) in [6.07, 6.45) is 3.57. The number of nitrogen functional groups attached to an aromatic ring is 1. The summed E-state index contributed by atoms with van der Waals surface area (Å²) < 4.78 is 5.04. The number of hydrazine groups is 1. The molecular formula is C16H25N3O2. The quantitative estimate of drug-likeness (QED) is 0.659. The summed E-state index contributed by atoms with van der Waals surface area (Å²) in [6.45, 7) is 6.53. The molecule has 1 aliphatic heterocycles. The third-order valence-electron chi connectivity index (χ3n) is 4.04. The van der Waals surface area contributed by atoms with E-state index in [1.54, 1.807) is 13.0 Å². The minimum absolute atomic E-state index is 0.343. The van der Waals surface area contributed by atoms with Crippen LogP contribution in [0.25, 0.3) is 0 Å². The van der Waals surface area contributed by atoms with Crippen molar-refractivity contribution in [2.75, 3.05) is 17.8 Å². The average Bonchev–Trinajstić information content (AvgIpc) is 2.45. The van der Waals surface area contributed by atoms with Gasteiger partial charge in [0.2, 0.25) is 0 Å². The maximum atomic E-state index is 11.9. The van der Waals surface area contributed by atoms with Gasteiger partial charge in [-0.05, 0) is 45.7 Å². The number of nitrogens with one attached hydrogen (secondary N) is 1. The zero-order chi connectivity index (χ0) is 15.4. The number of piperidine rings is 1. The first-order valence-corrected chi connectivity index (χ1v) is 7.65. The predicted octanol–water partition coefficient (Wildman–Crippen LogP) is 3.04. The van der Waals surface area contributed by atoms with Crippen LogP contribution in [0.4, 0.5) is 11.4 Å². The summed E-state index contributed by atoms with van der Waals surface area (Å²) >= 11 is 0. The van der Waals surface area contributed by atoms with Crippen molar-refractivity contribution in [3.63, 3.8) is 0 Å². The van der Waals surface area contributed by atoms with E-state index in [1.165, 1.54) is 6.42 Å². The zero-order valence-corrected chi connectivity index (χ0v) is 13.1. The number of ether oxygens (including phenoxy) is 1. The van der Waals surface area contributed by atoms with Gasteiger partial charge in [0.1, 0.15) is 0 Å². The Morgan fingerprint density at radius 2 is 2.05 bits per heavy atom. The van der Waals surface area contributed by atoms with Crippen LogP contribution in [0.2, 0.25) is 0 Å². The van der Waals surface area contributed by atoms with E-state index in [4.69, 9.17) is 10.5 Å². The number of nitrogens with zero attached hydrogens (tertiary/aromatic N) is 1. The molecule has 0 bridgehead atoms. The molecule has 1 saturated heterocycles. The maximum Gasteiger partial charge on any atom is 0.340 e. The molecule has 0 amide bonds. The molecule has 0 radical (unpaired) electrons. The van der Waals surface area contributed by atoms with Crippen LogP contribution in [0.3, 0.4) is 0 Å². The smallest absolute Gasteiger partial charge is 0.340 e. The van der Waals surface area contributed by atoms with Gasteiger partial charge >= 0.3 is 5.97 Å². The number of nitrogens with two attached hydrogens (primary N) is 1. The van der Waals surface area contributed by atoms with E-state index < -0.39 is 0 Å². The van der Waals surface area contributed by atoms with E-state index in [2.05, 4.69) is 24.3 Å². The molecule has 1 aliphatic rings. The van der Waals surface area contributed by atoms with Gasteiger partial charge in [0.25, 0.3) is 0 Å². The molecule has 2 rings (SSSR count). The molecule has 0 saturated carbocycles. The summed E-state index contributed by atoms with van der Waals surface area (Å²) in [5.41, 5.74) is 11.1. The van der Waals surface area contributed by atoms with Crippen molar-refractivity contribution in [1.29, 1.82) is 0 Å². The Labute approximate surface area is 126 Å². The number of benzene rings is 1. The monoisotopic (exact) mass is 291 g/mol. The Hall–Kier alpha value is -1.75. The molecule has 3 N–H and O–H groups in total. The van der Waals surface area contributed by atoms with Crippen LogP contribution in [-0.4, -0.2) is 29.7 Å². The Balaban J connectivity index is 2.20. The Bertz CT molecular complexity index is 494. The first kappa shape index (κ1) is 15.6. The molecule has 2 unspecified atom stereocenters. The Morgan fingerprint density at radius 3 is 2.67 bits per heavy atom. The van der Waals surface area contributed by atoms with E-state index in [0.717, 1.165) is 18.5 Å². The molecule has 5 nitrogen and oxygen atoms in total. The number of carbonyl (C=O) groups excluding carboxylic acids is 1. The highest BCUT2D eigenvalue weighted by molar-refractivity contribution is 5.98. The van der Waals surface area contributed by atoms with Crippen LogP contribution >= 0.6 is 0 Å². The minimum Gasteiger partial charge on any atom is -0.462 e. The van der Waals surface area contributed by atoms with E-state index in [0.29, 0.717) is 29.9 Å². The molecule has 0 aromatic heterocycles. The SMILES string of the molecule is CCOC(=O)c1cccc(NN2C(C)CCCC2C)c1N. The van der Waals surface area contributed by atoms with Gasteiger partial charge < -0.3 is 15.9 Å². The lowest BCUT2D eigenvalue weighted by Crippen LogP contribution is -2.47. The average molecular weight is 291 g/mol. The lowest BCUT2D eigenvalue weighted by atomic mass is 10.00. The molecular weight excluding hydrogens is 266 g/mol. The van der Waals surface area contributed by atoms with Gasteiger partial charge in [-0.3, -0.25) is 0 Å². The number of carbonyl (C=O) groups is 1. The van der Waals surface area contributed by atoms with Crippen molar-refractivity contribution in [3.8, 4) is 0 Å². The van der Waals surface area contributed by atoms with Crippen LogP contribution in [-0.2, 0) is 4.74 Å². The fourth-order valence-electron chi connectivity index (χ4n) is 2.83. The predicted molar refractivity (Wildman–Crippen MR) is 85.0 cm³/mol. The third kappa shape index (κ3) is 3.47. The van der Waals surface area contributed by atoms with Gasteiger partial charge in [-0.25, -0.2) is 9.80 Å². The number of rotatable bonds is 4. The molecule has 1 heterocycles. The summed E-state index contributed by atoms with van der Waals surface area (Å²) in [4.78, 5) is 11.9. The lowest BCUT2D eigenvalue weighted by molar-refractivity contribution is 0.0527. The van der Waals surface area contributed by atoms with Crippen molar-refractivity contribution in [2.45, 2.75) is 52.1 Å². The van der Waals surface area contributed by atoms with Crippen molar-refractivity contribution >= 4 is 17.3 Å². The highest BCUT2D eigenvalue weighted by Crippen LogP contribution is 2.28. The summed E-state index contributed by atoms with van der Waals surface area (Å²) in [7, 11) is 0. The van der Waals surface area contributed by atoms with Crippen LogP contribution < -0.4 is 11.2 Å². The molecule has 116 valence electrons. The normalized spacial score (nSPS) is 22.8. The lowest BCUT2D eigenvalue weighted by Gasteiger charge is -2.39. The molecule has 1 aromatic rings. The highest BCUT2D eigenvalue weighted by Gasteiger charge is 2.25. The number of para-hydroxylation sites is 1. The Kier molecular flexibility index (Phi) is 5.07. The van der Waals surface area contributed by atoms with E-state index >= 15 is 0 Å². The first-order chi connectivity index (χ1) is 10.0. The fourth-order valence-corrected chi connectivity index (χ4v) is 2.83. The van der Waals surface area contributed by atoms with Gasteiger partial charge in [-0.2, -0.15) is 0 Å². The Morgan fingerprint density at radius 1 is 1.38 bits per heavy atom. The minimum atomic E-state index is -0.376. The number of esters is 1. The van der Waals surface area contributed by atoms with E-state index in [-0.39, 0.29) is 5.97 Å². The third-order valence-corrected chi connectivity index (χ3v) is 4.04. The number of hydrogen-bond acceptors (Lipinski definition) is 5. The van der Waals surface area contributed by atoms with Gasteiger partial charge in [0.15, 0.2) is 0 Å². The van der Waals surface area contributed by atoms with Crippen molar-refractivity contribution < 1.29 is 9.53 Å². The summed E-state index contributed by atoms with van der Waals surface area (Å²) in [5.74, 6) is -0.376. The highest BCUT2D eigenvalue weighted by atomic mass is 16.5. The van der Waals surface area contributed by atoms with Gasteiger partial charge in [-0.15, -0.1) is 0 Å². The van der Waals surface area contributed by atoms with Crippen LogP contribution in [0.1, 0.15) is 50.4 Å². The van der Waals surface area contributed by atoms with E-state index in [1.807, 2.05) is 12.1 Å². The van der Waals surface area contributed by atoms with Crippen LogP contribution in [0.5, 0.6) is 0 Å². The van der Waals surface area contributed by atoms with Crippen LogP contribution in [0, 0.1) is 0 Å². The zero-order valence-electron chi connectivity index (χ0n) is 13.1. The standard InChI is InChI=1S/C16H25N3O2/c1-4-21-16(20)13-9-6-10-14(15(13)17)18-19-11(2)7-5-8-12(19)3/h6,9-12,18H,4-5,7-8,17H2,1-3H3.